The number of ketones is 2. The summed E-state index contributed by atoms with van der Waals surface area (Å²) in [5.41, 5.74) is 0.428. The normalized spacial score (nSPS) is 14.8. The number of fused-ring (bicyclic) bond motifs is 2. The van der Waals surface area contributed by atoms with E-state index in [2.05, 4.69) is 0 Å². The first kappa shape index (κ1) is 18.9. The molecular formula is C17H8F7NO2. The van der Waals surface area contributed by atoms with Crippen molar-refractivity contribution in [3.05, 3.63) is 64.2 Å². The fourth-order valence-electron chi connectivity index (χ4n) is 2.86. The topological polar surface area (TPSA) is 60.2 Å². The summed E-state index contributed by atoms with van der Waals surface area (Å²) >= 11 is 0. The van der Waals surface area contributed by atoms with Crippen molar-refractivity contribution in [2.45, 2.75) is 18.0 Å². The summed E-state index contributed by atoms with van der Waals surface area (Å²) in [5.74, 6) is -14.6. The molecule has 27 heavy (non-hydrogen) atoms. The van der Waals surface area contributed by atoms with Gasteiger partial charge in [-0.3, -0.25) is 9.59 Å². The third kappa shape index (κ3) is 2.42. The Morgan fingerprint density at radius 1 is 0.704 bits per heavy atom. The lowest BCUT2D eigenvalue weighted by Crippen LogP contribution is -2.50. The van der Waals surface area contributed by atoms with Crippen LogP contribution in [0.5, 0.6) is 0 Å². The molecule has 0 saturated carbocycles. The second-order valence-corrected chi connectivity index (χ2v) is 5.80. The lowest BCUT2D eigenvalue weighted by molar-refractivity contribution is -0.359. The van der Waals surface area contributed by atoms with Crippen molar-refractivity contribution in [3.8, 4) is 0 Å². The molecule has 2 aromatic rings. The predicted octanol–water partition coefficient (Wildman–Crippen LogP) is 4.33. The molecule has 0 amide bonds. The highest BCUT2D eigenvalue weighted by molar-refractivity contribution is 6.30. The summed E-state index contributed by atoms with van der Waals surface area (Å²) in [7, 11) is 0. The van der Waals surface area contributed by atoms with Crippen molar-refractivity contribution < 1.29 is 40.3 Å². The zero-order valence-electron chi connectivity index (χ0n) is 13.0. The van der Waals surface area contributed by atoms with Crippen molar-refractivity contribution in [2.24, 2.45) is 0 Å². The Morgan fingerprint density at radius 2 is 1.19 bits per heavy atom. The standard InChI is InChI=1S/C17H8F7NO2/c18-15(19,16(20,21)17(22,23)24)9-5-6-10(25)12-11(9)13(26)7-3-1-2-4-8(7)14(12)27/h1-6H,25H2. The van der Waals surface area contributed by atoms with Gasteiger partial charge in [0.1, 0.15) is 0 Å². The van der Waals surface area contributed by atoms with Gasteiger partial charge in [-0.15, -0.1) is 0 Å². The molecule has 1 aliphatic carbocycles. The largest absolute Gasteiger partial charge is 0.460 e. The minimum absolute atomic E-state index is 0.201. The van der Waals surface area contributed by atoms with Crippen molar-refractivity contribution >= 4 is 17.3 Å². The Kier molecular flexibility index (Phi) is 3.87. The summed E-state index contributed by atoms with van der Waals surface area (Å²) in [6.07, 6.45) is -6.59. The molecule has 0 unspecified atom stereocenters. The van der Waals surface area contributed by atoms with Crippen LogP contribution < -0.4 is 5.73 Å². The van der Waals surface area contributed by atoms with Gasteiger partial charge in [-0.2, -0.15) is 30.7 Å². The number of carbonyl (C=O) groups excluding carboxylic acids is 2. The maximum absolute atomic E-state index is 14.3. The number of nitrogens with two attached hydrogens (primary N) is 1. The molecule has 142 valence electrons. The molecule has 3 nitrogen and oxygen atoms in total. The van der Waals surface area contributed by atoms with Crippen molar-refractivity contribution in [1.29, 1.82) is 0 Å². The van der Waals surface area contributed by atoms with Gasteiger partial charge in [0.15, 0.2) is 11.6 Å². The summed E-state index contributed by atoms with van der Waals surface area (Å²) in [4.78, 5) is 25.1. The Hall–Kier alpha value is -2.91. The molecule has 3 rings (SSSR count). The minimum Gasteiger partial charge on any atom is -0.398 e. The highest BCUT2D eigenvalue weighted by Gasteiger charge is 2.74. The maximum Gasteiger partial charge on any atom is 0.460 e. The van der Waals surface area contributed by atoms with Crippen LogP contribution in [0.1, 0.15) is 37.4 Å². The fraction of sp³-hybridized carbons (Fsp3) is 0.176. The maximum atomic E-state index is 14.3. The minimum atomic E-state index is -6.59. The number of halogens is 7. The van der Waals surface area contributed by atoms with Gasteiger partial charge in [-0.05, 0) is 12.1 Å². The molecule has 0 aliphatic heterocycles. The van der Waals surface area contributed by atoms with Gasteiger partial charge in [-0.1, -0.05) is 24.3 Å². The van der Waals surface area contributed by atoms with Crippen LogP contribution >= 0.6 is 0 Å². The highest BCUT2D eigenvalue weighted by atomic mass is 19.4. The van der Waals surface area contributed by atoms with E-state index >= 15 is 0 Å². The Morgan fingerprint density at radius 3 is 1.67 bits per heavy atom. The van der Waals surface area contributed by atoms with Crippen LogP contribution in [0.15, 0.2) is 36.4 Å². The van der Waals surface area contributed by atoms with Crippen molar-refractivity contribution in [3.63, 3.8) is 0 Å². The summed E-state index contributed by atoms with van der Waals surface area (Å²) in [6.45, 7) is 0. The van der Waals surface area contributed by atoms with Crippen molar-refractivity contribution in [2.75, 3.05) is 5.73 Å². The van der Waals surface area contributed by atoms with Crippen LogP contribution in [-0.2, 0) is 5.92 Å². The lowest BCUT2D eigenvalue weighted by Gasteiger charge is -2.31. The molecule has 2 aromatic carbocycles. The lowest BCUT2D eigenvalue weighted by atomic mass is 9.79. The molecule has 0 spiro atoms. The molecule has 0 bridgehead atoms. The number of rotatable bonds is 2. The molecule has 1 aliphatic rings. The van der Waals surface area contributed by atoms with Gasteiger partial charge >= 0.3 is 18.0 Å². The first-order valence-electron chi connectivity index (χ1n) is 7.26. The summed E-state index contributed by atoms with van der Waals surface area (Å²) < 4.78 is 93.1. The molecule has 0 saturated heterocycles. The second kappa shape index (κ2) is 5.54. The van der Waals surface area contributed by atoms with E-state index in [4.69, 9.17) is 5.73 Å². The molecule has 0 aromatic heterocycles. The number of nitrogen functional groups attached to an aromatic ring is 1. The summed E-state index contributed by atoms with van der Waals surface area (Å²) in [5, 5.41) is 0. The fourth-order valence-corrected chi connectivity index (χ4v) is 2.86. The SMILES string of the molecule is Nc1ccc(C(F)(F)C(F)(F)C(F)(F)F)c2c1C(=O)c1ccccc1C2=O. The van der Waals surface area contributed by atoms with Crippen LogP contribution in [0, 0.1) is 0 Å². The first-order chi connectivity index (χ1) is 12.3. The van der Waals surface area contributed by atoms with E-state index in [1.165, 1.54) is 18.2 Å². The Bertz CT molecular complexity index is 980. The van der Waals surface area contributed by atoms with Gasteiger partial charge in [0.05, 0.1) is 5.56 Å². The molecule has 10 heteroatoms. The van der Waals surface area contributed by atoms with Gasteiger partial charge in [-0.25, -0.2) is 0 Å². The zero-order chi connectivity index (χ0) is 20.4. The monoisotopic (exact) mass is 391 g/mol. The van der Waals surface area contributed by atoms with Gasteiger partial charge in [0.2, 0.25) is 0 Å². The molecule has 0 heterocycles. The average molecular weight is 391 g/mol. The number of anilines is 1. The Labute approximate surface area is 146 Å². The van der Waals surface area contributed by atoms with Crippen LogP contribution in [0.3, 0.4) is 0 Å². The molecule has 0 radical (unpaired) electrons. The highest BCUT2D eigenvalue weighted by Crippen LogP contribution is 2.53. The van der Waals surface area contributed by atoms with Crippen LogP contribution in [0.2, 0.25) is 0 Å². The number of alkyl halides is 7. The van der Waals surface area contributed by atoms with E-state index < -0.39 is 57.5 Å². The van der Waals surface area contributed by atoms with Gasteiger partial charge < -0.3 is 5.73 Å². The number of hydrogen-bond acceptors (Lipinski definition) is 3. The molecular weight excluding hydrogens is 383 g/mol. The van der Waals surface area contributed by atoms with Crippen LogP contribution in [0.25, 0.3) is 0 Å². The molecule has 0 fully saturated rings. The zero-order valence-corrected chi connectivity index (χ0v) is 13.0. The van der Waals surface area contributed by atoms with E-state index in [1.807, 2.05) is 0 Å². The smallest absolute Gasteiger partial charge is 0.398 e. The molecule has 0 atom stereocenters. The van der Waals surface area contributed by atoms with E-state index in [0.717, 1.165) is 6.07 Å². The number of carbonyl (C=O) groups is 2. The molecule has 2 N–H and O–H groups in total. The Balaban J connectivity index is 2.35. The quantitative estimate of drug-likeness (QED) is 0.523. The van der Waals surface area contributed by atoms with E-state index in [9.17, 15) is 40.3 Å². The third-order valence-electron chi connectivity index (χ3n) is 4.20. The van der Waals surface area contributed by atoms with E-state index in [0.29, 0.717) is 6.07 Å². The van der Waals surface area contributed by atoms with E-state index in [-0.39, 0.29) is 11.6 Å². The van der Waals surface area contributed by atoms with E-state index in [1.54, 1.807) is 0 Å². The van der Waals surface area contributed by atoms with Gasteiger partial charge in [0, 0.05) is 27.9 Å². The van der Waals surface area contributed by atoms with Crippen LogP contribution in [-0.4, -0.2) is 23.7 Å². The first-order valence-corrected chi connectivity index (χ1v) is 7.26. The number of benzene rings is 2. The predicted molar refractivity (Wildman–Crippen MR) is 79.1 cm³/mol. The van der Waals surface area contributed by atoms with Gasteiger partial charge in [0.25, 0.3) is 0 Å². The van der Waals surface area contributed by atoms with Crippen molar-refractivity contribution in [1.82, 2.24) is 0 Å². The number of hydrogen-bond donors (Lipinski definition) is 1. The third-order valence-corrected chi connectivity index (χ3v) is 4.20. The van der Waals surface area contributed by atoms with Crippen LogP contribution in [0.4, 0.5) is 36.4 Å². The summed E-state index contributed by atoms with van der Waals surface area (Å²) in [6, 6.07) is 5.70. The second-order valence-electron chi connectivity index (χ2n) is 5.80. The average Bonchev–Trinajstić information content (AvgIpc) is 2.58.